The molecule has 1 aromatic heterocycles. The summed E-state index contributed by atoms with van der Waals surface area (Å²) in [6.07, 6.45) is 10.4. The molecule has 0 saturated heterocycles. The molecule has 0 aromatic carbocycles. The van der Waals surface area contributed by atoms with Gasteiger partial charge in [0.05, 0.1) is 6.61 Å². The number of unbranched alkanes of at least 4 members (excludes halogenated alkanes) is 6. The molecule has 4 heteroatoms. The van der Waals surface area contributed by atoms with Gasteiger partial charge in [-0.05, 0) is 32.4 Å². The molecule has 0 unspecified atom stereocenters. The van der Waals surface area contributed by atoms with Gasteiger partial charge in [-0.1, -0.05) is 45.4 Å². The van der Waals surface area contributed by atoms with Crippen LogP contribution in [0, 0.1) is 0 Å². The summed E-state index contributed by atoms with van der Waals surface area (Å²) < 4.78 is 7.27. The van der Waals surface area contributed by atoms with Crippen LogP contribution < -0.4 is 16.0 Å². The molecule has 0 spiro atoms. The zero-order valence-electron chi connectivity index (χ0n) is 14.4. The normalized spacial score (nSPS) is 11.6. The molecule has 1 rings (SSSR count). The maximum Gasteiger partial charge on any atom is 0.292 e. The lowest BCUT2D eigenvalue weighted by Crippen LogP contribution is -2.40. The van der Waals surface area contributed by atoms with Crippen molar-refractivity contribution >= 4 is 0 Å². The van der Waals surface area contributed by atoms with Crippen LogP contribution in [0.4, 0.5) is 0 Å². The molecule has 0 amide bonds. The third-order valence-electron chi connectivity index (χ3n) is 3.57. The number of nitrogens with zero attached hydrogens (tertiary/aromatic N) is 1. The summed E-state index contributed by atoms with van der Waals surface area (Å²) >= 11 is 0. The second-order valence-corrected chi connectivity index (χ2v) is 6.76. The van der Waals surface area contributed by atoms with Gasteiger partial charge >= 0.3 is 0 Å². The summed E-state index contributed by atoms with van der Waals surface area (Å²) in [6, 6.07) is 3.58. The largest absolute Gasteiger partial charge is 0.488 e. The van der Waals surface area contributed by atoms with Crippen LogP contribution in [0.2, 0.25) is 0 Å². The number of nitrogens with two attached hydrogens (primary N) is 1. The quantitative estimate of drug-likeness (QED) is 0.634. The molecule has 0 atom stereocenters. The van der Waals surface area contributed by atoms with Crippen molar-refractivity contribution < 1.29 is 4.74 Å². The Morgan fingerprint density at radius 1 is 1.14 bits per heavy atom. The third kappa shape index (κ3) is 7.64. The van der Waals surface area contributed by atoms with Crippen molar-refractivity contribution in [2.45, 2.75) is 77.8 Å². The van der Waals surface area contributed by atoms with Crippen molar-refractivity contribution in [1.29, 1.82) is 0 Å². The lowest BCUT2D eigenvalue weighted by atomic mass is 10.1. The van der Waals surface area contributed by atoms with Gasteiger partial charge in [-0.2, -0.15) is 0 Å². The van der Waals surface area contributed by atoms with E-state index in [1.807, 2.05) is 19.9 Å². The molecular weight excluding hydrogens is 276 g/mol. The van der Waals surface area contributed by atoms with Crippen molar-refractivity contribution in [3.05, 3.63) is 28.7 Å². The Balaban J connectivity index is 2.34. The second kappa shape index (κ2) is 9.67. The standard InChI is InChI=1S/C18H32N2O2/c1-4-5-6-7-8-9-10-14-22-16-12-11-13-20(17(16)21)15-18(2,3)19/h11-13H,4-10,14-15,19H2,1-3H3. The van der Waals surface area contributed by atoms with E-state index >= 15 is 0 Å². The van der Waals surface area contributed by atoms with Crippen molar-refractivity contribution in [3.8, 4) is 5.75 Å². The van der Waals surface area contributed by atoms with Crippen LogP contribution in [-0.4, -0.2) is 16.7 Å². The molecule has 22 heavy (non-hydrogen) atoms. The van der Waals surface area contributed by atoms with Crippen LogP contribution >= 0.6 is 0 Å². The highest BCUT2D eigenvalue weighted by Crippen LogP contribution is 2.09. The van der Waals surface area contributed by atoms with Crippen molar-refractivity contribution in [2.75, 3.05) is 6.61 Å². The Bertz CT molecular complexity index is 475. The molecule has 0 aliphatic heterocycles. The first-order valence-electron chi connectivity index (χ1n) is 8.55. The van der Waals surface area contributed by atoms with Crippen LogP contribution in [0.25, 0.3) is 0 Å². The zero-order chi connectivity index (χ0) is 16.4. The summed E-state index contributed by atoms with van der Waals surface area (Å²) in [5.41, 5.74) is 5.47. The Labute approximate surface area is 134 Å². The highest BCUT2D eigenvalue weighted by Gasteiger charge is 2.13. The van der Waals surface area contributed by atoms with Crippen LogP contribution in [-0.2, 0) is 6.54 Å². The van der Waals surface area contributed by atoms with E-state index in [1.54, 1.807) is 16.8 Å². The molecular formula is C18H32N2O2. The van der Waals surface area contributed by atoms with Gasteiger partial charge in [-0.15, -0.1) is 0 Å². The minimum absolute atomic E-state index is 0.0935. The topological polar surface area (TPSA) is 57.2 Å². The van der Waals surface area contributed by atoms with E-state index in [-0.39, 0.29) is 5.56 Å². The number of hydrogen-bond acceptors (Lipinski definition) is 3. The molecule has 2 N–H and O–H groups in total. The lowest BCUT2D eigenvalue weighted by molar-refractivity contribution is 0.295. The fourth-order valence-corrected chi connectivity index (χ4v) is 2.43. The van der Waals surface area contributed by atoms with Crippen molar-refractivity contribution in [2.24, 2.45) is 5.73 Å². The minimum atomic E-state index is -0.416. The smallest absolute Gasteiger partial charge is 0.292 e. The minimum Gasteiger partial charge on any atom is -0.488 e. The summed E-state index contributed by atoms with van der Waals surface area (Å²) in [5, 5.41) is 0. The third-order valence-corrected chi connectivity index (χ3v) is 3.57. The van der Waals surface area contributed by atoms with Gasteiger partial charge in [0.2, 0.25) is 0 Å². The molecule has 0 bridgehead atoms. The lowest BCUT2D eigenvalue weighted by Gasteiger charge is -2.20. The molecule has 126 valence electrons. The first-order chi connectivity index (χ1) is 10.4. The maximum absolute atomic E-state index is 12.3. The Morgan fingerprint density at radius 3 is 2.41 bits per heavy atom. The van der Waals surface area contributed by atoms with Crippen molar-refractivity contribution in [1.82, 2.24) is 4.57 Å². The van der Waals surface area contributed by atoms with Gasteiger partial charge in [0.25, 0.3) is 5.56 Å². The number of ether oxygens (including phenoxy) is 1. The van der Waals surface area contributed by atoms with Gasteiger partial charge in [0.1, 0.15) is 0 Å². The van der Waals surface area contributed by atoms with E-state index in [0.29, 0.717) is 18.9 Å². The first kappa shape index (κ1) is 18.8. The average Bonchev–Trinajstić information content (AvgIpc) is 2.44. The van der Waals surface area contributed by atoms with E-state index in [2.05, 4.69) is 6.92 Å². The predicted molar refractivity (Wildman–Crippen MR) is 92.5 cm³/mol. The number of rotatable bonds is 11. The number of hydrogen-bond donors (Lipinski definition) is 1. The Kier molecular flexibility index (Phi) is 8.25. The van der Waals surface area contributed by atoms with Crippen LogP contribution in [0.3, 0.4) is 0 Å². The van der Waals surface area contributed by atoms with E-state index in [9.17, 15) is 4.79 Å². The van der Waals surface area contributed by atoms with Gasteiger partial charge in [-0.25, -0.2) is 0 Å². The van der Waals surface area contributed by atoms with Gasteiger partial charge in [-0.3, -0.25) is 4.79 Å². The second-order valence-electron chi connectivity index (χ2n) is 6.76. The molecule has 0 aliphatic rings. The summed E-state index contributed by atoms with van der Waals surface area (Å²) in [6.45, 7) is 7.14. The predicted octanol–water partition coefficient (Wildman–Crippen LogP) is 3.72. The van der Waals surface area contributed by atoms with Gasteiger partial charge in [0.15, 0.2) is 5.75 Å². The molecule has 1 heterocycles. The Hall–Kier alpha value is -1.29. The van der Waals surface area contributed by atoms with Crippen LogP contribution in [0.15, 0.2) is 23.1 Å². The number of aromatic nitrogens is 1. The van der Waals surface area contributed by atoms with E-state index in [0.717, 1.165) is 6.42 Å². The highest BCUT2D eigenvalue weighted by molar-refractivity contribution is 5.17. The molecule has 4 nitrogen and oxygen atoms in total. The van der Waals surface area contributed by atoms with E-state index in [1.165, 1.54) is 38.5 Å². The monoisotopic (exact) mass is 308 g/mol. The fourth-order valence-electron chi connectivity index (χ4n) is 2.43. The van der Waals surface area contributed by atoms with Gasteiger partial charge in [0, 0.05) is 18.3 Å². The molecule has 0 radical (unpaired) electrons. The van der Waals surface area contributed by atoms with Crippen LogP contribution in [0.5, 0.6) is 5.75 Å². The van der Waals surface area contributed by atoms with E-state index < -0.39 is 5.54 Å². The molecule has 0 saturated carbocycles. The fraction of sp³-hybridized carbons (Fsp3) is 0.722. The summed E-state index contributed by atoms with van der Waals surface area (Å²) in [5.74, 6) is 0.428. The van der Waals surface area contributed by atoms with Gasteiger partial charge < -0.3 is 15.0 Å². The Morgan fingerprint density at radius 2 is 1.77 bits per heavy atom. The molecule has 0 fully saturated rings. The van der Waals surface area contributed by atoms with E-state index in [4.69, 9.17) is 10.5 Å². The summed E-state index contributed by atoms with van der Waals surface area (Å²) in [4.78, 5) is 12.3. The van der Waals surface area contributed by atoms with Crippen LogP contribution in [0.1, 0.15) is 65.7 Å². The maximum atomic E-state index is 12.3. The average molecular weight is 308 g/mol. The summed E-state index contributed by atoms with van der Waals surface area (Å²) in [7, 11) is 0. The zero-order valence-corrected chi connectivity index (χ0v) is 14.4. The molecule has 1 aromatic rings. The SMILES string of the molecule is CCCCCCCCCOc1cccn(CC(C)(C)N)c1=O. The molecule has 0 aliphatic carbocycles. The highest BCUT2D eigenvalue weighted by atomic mass is 16.5. The number of pyridine rings is 1. The first-order valence-corrected chi connectivity index (χ1v) is 8.55. The van der Waals surface area contributed by atoms with Crippen molar-refractivity contribution in [3.63, 3.8) is 0 Å².